The summed E-state index contributed by atoms with van der Waals surface area (Å²) in [7, 11) is 0. The van der Waals surface area contributed by atoms with Crippen molar-refractivity contribution in [1.82, 2.24) is 4.98 Å². The number of hydrogen-bond donors (Lipinski definition) is 0. The fraction of sp³-hybridized carbons (Fsp3) is 0.316. The Hall–Kier alpha value is -2.56. The summed E-state index contributed by atoms with van der Waals surface area (Å²) < 4.78 is 17.0. The van der Waals surface area contributed by atoms with Gasteiger partial charge >= 0.3 is 6.92 Å². The highest BCUT2D eigenvalue weighted by Gasteiger charge is 2.23. The molecule has 1 aliphatic rings. The summed E-state index contributed by atoms with van der Waals surface area (Å²) in [5.41, 5.74) is 2.40. The third-order valence-corrected chi connectivity index (χ3v) is 4.45. The van der Waals surface area contributed by atoms with Gasteiger partial charge in [0.15, 0.2) is 0 Å². The molecule has 0 saturated heterocycles. The number of nitrogens with zero attached hydrogens (tertiary/aromatic N) is 2. The Labute approximate surface area is 163 Å². The van der Waals surface area contributed by atoms with E-state index in [0.29, 0.717) is 25.2 Å². The first-order valence-electron chi connectivity index (χ1n) is 8.60. The zero-order valence-electron chi connectivity index (χ0n) is 15.1. The van der Waals surface area contributed by atoms with Gasteiger partial charge in [-0.25, -0.2) is 4.85 Å². The molecule has 0 fully saturated rings. The molecule has 0 saturated carbocycles. The van der Waals surface area contributed by atoms with Crippen molar-refractivity contribution < 1.29 is 18.9 Å². The van der Waals surface area contributed by atoms with Crippen LogP contribution in [0.2, 0.25) is 11.8 Å². The molecular weight excluding hydrogens is 366 g/mol. The second-order valence-corrected chi connectivity index (χ2v) is 6.69. The molecule has 0 amide bonds. The standard InChI is InChI=1S/C19H18BClN2O4/c1-12(24)5-4-8-25-19-17(22-3)10-16(21)18(23-19)27-14-6-7-15-13(9-14)11-26-20(15)2/h6-7,9-10H,4-5,8,11H2,1-2H3. The van der Waals surface area contributed by atoms with Crippen molar-refractivity contribution in [3.63, 3.8) is 0 Å². The molecule has 1 aromatic carbocycles. The Morgan fingerprint density at radius 3 is 2.96 bits per heavy atom. The first kappa shape index (κ1) is 19.2. The van der Waals surface area contributed by atoms with Gasteiger partial charge in [-0.3, -0.25) is 0 Å². The van der Waals surface area contributed by atoms with E-state index in [1.807, 2.05) is 25.0 Å². The average Bonchev–Trinajstić information content (AvgIpc) is 3.01. The van der Waals surface area contributed by atoms with Crippen molar-refractivity contribution in [1.29, 1.82) is 0 Å². The topological polar surface area (TPSA) is 62.0 Å². The van der Waals surface area contributed by atoms with Crippen molar-refractivity contribution in [2.75, 3.05) is 6.61 Å². The van der Waals surface area contributed by atoms with Crippen LogP contribution in [0.25, 0.3) is 4.85 Å². The monoisotopic (exact) mass is 384 g/mol. The van der Waals surface area contributed by atoms with Gasteiger partial charge in [0.1, 0.15) is 11.5 Å². The highest BCUT2D eigenvalue weighted by molar-refractivity contribution is 6.67. The lowest BCUT2D eigenvalue weighted by Gasteiger charge is -2.12. The molecule has 0 aliphatic carbocycles. The van der Waals surface area contributed by atoms with Crippen LogP contribution in [0.15, 0.2) is 24.3 Å². The minimum Gasteiger partial charge on any atom is -0.486 e. The summed E-state index contributed by atoms with van der Waals surface area (Å²) in [6.07, 6.45) is 0.968. The largest absolute Gasteiger partial charge is 0.486 e. The van der Waals surface area contributed by atoms with Crippen LogP contribution in [0.3, 0.4) is 0 Å². The minimum atomic E-state index is 0.0729. The predicted octanol–water partition coefficient (Wildman–Crippen LogP) is 4.18. The Morgan fingerprint density at radius 1 is 1.41 bits per heavy atom. The molecule has 2 aromatic rings. The molecule has 0 radical (unpaired) electrons. The van der Waals surface area contributed by atoms with Gasteiger partial charge in [-0.2, -0.15) is 4.98 Å². The second kappa shape index (κ2) is 8.42. The number of benzene rings is 1. The van der Waals surface area contributed by atoms with E-state index in [1.165, 1.54) is 13.0 Å². The maximum atomic E-state index is 11.0. The van der Waals surface area contributed by atoms with Crippen LogP contribution < -0.4 is 14.9 Å². The Bertz CT molecular complexity index is 913. The average molecular weight is 385 g/mol. The molecule has 0 N–H and O–H groups in total. The third kappa shape index (κ3) is 4.59. The molecule has 0 unspecified atom stereocenters. The van der Waals surface area contributed by atoms with E-state index >= 15 is 0 Å². The second-order valence-electron chi connectivity index (χ2n) is 6.28. The number of ether oxygens (including phenoxy) is 2. The Balaban J connectivity index is 1.78. The van der Waals surface area contributed by atoms with Crippen LogP contribution in [-0.4, -0.2) is 24.3 Å². The molecule has 6 nitrogen and oxygen atoms in total. The quantitative estimate of drug-likeness (QED) is 0.407. The molecule has 8 heteroatoms. The smallest absolute Gasteiger partial charge is 0.324 e. The lowest BCUT2D eigenvalue weighted by molar-refractivity contribution is -0.117. The Kier molecular flexibility index (Phi) is 5.99. The summed E-state index contributed by atoms with van der Waals surface area (Å²) in [6.45, 7) is 11.7. The first-order chi connectivity index (χ1) is 13.0. The van der Waals surface area contributed by atoms with Crippen LogP contribution in [0.5, 0.6) is 17.5 Å². The molecule has 0 atom stereocenters. The van der Waals surface area contributed by atoms with E-state index in [0.717, 1.165) is 11.0 Å². The van der Waals surface area contributed by atoms with E-state index in [1.54, 1.807) is 0 Å². The first-order valence-corrected chi connectivity index (χ1v) is 8.98. The fourth-order valence-corrected chi connectivity index (χ4v) is 2.96. The number of halogens is 1. The number of hydrogen-bond acceptors (Lipinski definition) is 5. The highest BCUT2D eigenvalue weighted by atomic mass is 35.5. The van der Waals surface area contributed by atoms with Crippen LogP contribution in [0.4, 0.5) is 5.69 Å². The molecule has 1 aliphatic heterocycles. The lowest BCUT2D eigenvalue weighted by atomic mass is 9.64. The van der Waals surface area contributed by atoms with Crippen molar-refractivity contribution in [2.45, 2.75) is 33.2 Å². The zero-order chi connectivity index (χ0) is 19.4. The summed E-state index contributed by atoms with van der Waals surface area (Å²) in [6, 6.07) is 7.16. The van der Waals surface area contributed by atoms with Crippen molar-refractivity contribution in [3.8, 4) is 17.5 Å². The van der Waals surface area contributed by atoms with Gasteiger partial charge in [0.05, 0.1) is 24.8 Å². The predicted molar refractivity (Wildman–Crippen MR) is 103 cm³/mol. The molecule has 138 valence electrons. The molecule has 2 heterocycles. The number of fused-ring (bicyclic) bond motifs is 1. The zero-order valence-corrected chi connectivity index (χ0v) is 15.9. The molecular formula is C19H18BClN2O4. The maximum absolute atomic E-state index is 11.0. The minimum absolute atomic E-state index is 0.0729. The van der Waals surface area contributed by atoms with Crippen LogP contribution in [0.1, 0.15) is 25.3 Å². The Morgan fingerprint density at radius 2 is 2.22 bits per heavy atom. The van der Waals surface area contributed by atoms with Crippen LogP contribution in [-0.2, 0) is 16.1 Å². The van der Waals surface area contributed by atoms with Crippen molar-refractivity contribution >= 4 is 35.4 Å². The lowest BCUT2D eigenvalue weighted by Crippen LogP contribution is -2.23. The number of carbonyl (C=O) groups excluding carboxylic acids is 1. The van der Waals surface area contributed by atoms with E-state index in [4.69, 9.17) is 32.3 Å². The van der Waals surface area contributed by atoms with Gasteiger partial charge < -0.3 is 18.9 Å². The van der Waals surface area contributed by atoms with Crippen molar-refractivity contribution in [2.24, 2.45) is 0 Å². The van der Waals surface area contributed by atoms with Gasteiger partial charge in [0, 0.05) is 6.42 Å². The van der Waals surface area contributed by atoms with Crippen LogP contribution in [0, 0.1) is 6.57 Å². The number of rotatable bonds is 7. The fourth-order valence-electron chi connectivity index (χ4n) is 2.78. The molecule has 0 bridgehead atoms. The molecule has 27 heavy (non-hydrogen) atoms. The SMILES string of the molecule is [C-]#[N+]c1cc(Cl)c(Oc2ccc3c(c2)COB3C)nc1OCCCC(C)=O. The summed E-state index contributed by atoms with van der Waals surface area (Å²) in [5, 5.41) is 0.224. The van der Waals surface area contributed by atoms with E-state index in [2.05, 4.69) is 9.83 Å². The number of carbonyl (C=O) groups is 1. The molecule has 1 aromatic heterocycles. The van der Waals surface area contributed by atoms with Gasteiger partial charge in [0.25, 0.3) is 0 Å². The summed E-state index contributed by atoms with van der Waals surface area (Å²) in [5.74, 6) is 0.981. The number of aromatic nitrogens is 1. The van der Waals surface area contributed by atoms with Gasteiger partial charge in [0.2, 0.25) is 17.4 Å². The normalized spacial score (nSPS) is 12.4. The third-order valence-electron chi connectivity index (χ3n) is 4.18. The van der Waals surface area contributed by atoms with Gasteiger partial charge in [-0.15, -0.1) is 0 Å². The van der Waals surface area contributed by atoms with Crippen LogP contribution >= 0.6 is 11.6 Å². The van der Waals surface area contributed by atoms with E-state index in [9.17, 15) is 4.79 Å². The highest BCUT2D eigenvalue weighted by Crippen LogP contribution is 2.36. The van der Waals surface area contributed by atoms with E-state index in [-0.39, 0.29) is 41.8 Å². The van der Waals surface area contributed by atoms with Gasteiger partial charge in [-0.1, -0.05) is 24.5 Å². The van der Waals surface area contributed by atoms with Crippen molar-refractivity contribution in [3.05, 3.63) is 46.3 Å². The summed E-state index contributed by atoms with van der Waals surface area (Å²) >= 11 is 6.22. The molecule has 3 rings (SSSR count). The number of pyridine rings is 1. The number of ketones is 1. The van der Waals surface area contributed by atoms with Gasteiger partial charge in [-0.05, 0) is 42.6 Å². The van der Waals surface area contributed by atoms with E-state index < -0.39 is 0 Å². The number of Topliss-reactive ketones (excluding diaryl/α,β-unsaturated/α-hetero) is 1. The maximum Gasteiger partial charge on any atom is 0.324 e. The summed E-state index contributed by atoms with van der Waals surface area (Å²) in [4.78, 5) is 18.7. The molecule has 0 spiro atoms.